The molecule has 0 saturated heterocycles. The van der Waals surface area contributed by atoms with Crippen LogP contribution in [0.5, 0.6) is 5.75 Å². The van der Waals surface area contributed by atoms with Crippen molar-refractivity contribution in [3.63, 3.8) is 0 Å². The molecular weight excluding hydrogens is 504 g/mol. The van der Waals surface area contributed by atoms with Crippen LogP contribution in [-0.2, 0) is 22.0 Å². The summed E-state index contributed by atoms with van der Waals surface area (Å²) in [6.45, 7) is 7.05. The number of aromatic nitrogens is 1. The smallest absolute Gasteiger partial charge is 0.308 e. The molecule has 3 aromatic carbocycles. The van der Waals surface area contributed by atoms with Crippen molar-refractivity contribution >= 4 is 43.2 Å². The number of benzene rings is 3. The Hall–Kier alpha value is -2.65. The maximum absolute atomic E-state index is 12.8. The molecule has 0 radical (unpaired) electrons. The molecule has 0 spiro atoms. The van der Waals surface area contributed by atoms with Crippen LogP contribution >= 0.6 is 22.9 Å². The minimum atomic E-state index is -3.76. The largest absolute Gasteiger partial charge is 0.492 e. The molecule has 0 aliphatic carbocycles. The highest BCUT2D eigenvalue weighted by atomic mass is 35.5. The minimum Gasteiger partial charge on any atom is -0.492 e. The Morgan fingerprint density at radius 2 is 1.74 bits per heavy atom. The standard InChI is InChI=1S/C26H27ClN2O4S2/c1-26(2,3)19-8-10-20(11-9-19)33-15-14-28-35(31,32)21-12-13-23-24(16-21)34-25(30)29(23)17-18-6-4-5-7-22(18)27/h4-13,16,28H,14-15,17H2,1-3H3. The van der Waals surface area contributed by atoms with Gasteiger partial charge in [0.1, 0.15) is 12.4 Å². The Labute approximate surface area is 214 Å². The van der Waals surface area contributed by atoms with Crippen molar-refractivity contribution in [3.8, 4) is 5.75 Å². The number of sulfonamides is 1. The molecule has 1 N–H and O–H groups in total. The zero-order chi connectivity index (χ0) is 25.2. The van der Waals surface area contributed by atoms with E-state index in [1.807, 2.05) is 42.5 Å². The Morgan fingerprint density at radius 1 is 1.03 bits per heavy atom. The predicted octanol–water partition coefficient (Wildman–Crippen LogP) is 5.42. The first-order chi connectivity index (χ1) is 16.5. The van der Waals surface area contributed by atoms with Crippen LogP contribution in [0, 0.1) is 0 Å². The van der Waals surface area contributed by atoms with E-state index in [1.165, 1.54) is 17.7 Å². The van der Waals surface area contributed by atoms with E-state index in [9.17, 15) is 13.2 Å². The van der Waals surface area contributed by atoms with Crippen LogP contribution in [0.25, 0.3) is 10.2 Å². The summed E-state index contributed by atoms with van der Waals surface area (Å²) in [5.74, 6) is 0.684. The van der Waals surface area contributed by atoms with Crippen molar-refractivity contribution < 1.29 is 13.2 Å². The van der Waals surface area contributed by atoms with Gasteiger partial charge in [0.05, 0.1) is 21.7 Å². The van der Waals surface area contributed by atoms with Crippen LogP contribution in [0.3, 0.4) is 0 Å². The van der Waals surface area contributed by atoms with Gasteiger partial charge in [0.2, 0.25) is 10.0 Å². The second-order valence-corrected chi connectivity index (χ2v) is 12.4. The predicted molar refractivity (Wildman–Crippen MR) is 142 cm³/mol. The molecule has 35 heavy (non-hydrogen) atoms. The van der Waals surface area contributed by atoms with Crippen LogP contribution in [0.1, 0.15) is 31.9 Å². The molecule has 1 aromatic heterocycles. The first-order valence-electron chi connectivity index (χ1n) is 11.1. The van der Waals surface area contributed by atoms with Gasteiger partial charge in [-0.1, -0.05) is 74.0 Å². The highest BCUT2D eigenvalue weighted by Gasteiger charge is 2.17. The first-order valence-corrected chi connectivity index (χ1v) is 13.8. The number of rotatable bonds is 8. The van der Waals surface area contributed by atoms with Gasteiger partial charge in [0.15, 0.2) is 0 Å². The topological polar surface area (TPSA) is 77.4 Å². The molecule has 0 aliphatic heterocycles. The number of nitrogens with one attached hydrogen (secondary N) is 1. The zero-order valence-electron chi connectivity index (χ0n) is 19.7. The van der Waals surface area contributed by atoms with Crippen molar-refractivity contribution in [2.24, 2.45) is 0 Å². The summed E-state index contributed by atoms with van der Waals surface area (Å²) in [7, 11) is -3.76. The quantitative estimate of drug-likeness (QED) is 0.309. The van der Waals surface area contributed by atoms with Crippen molar-refractivity contribution in [2.45, 2.75) is 37.6 Å². The number of hydrogen-bond acceptors (Lipinski definition) is 5. The molecule has 4 rings (SSSR count). The molecule has 4 aromatic rings. The average Bonchev–Trinajstić information content (AvgIpc) is 3.12. The van der Waals surface area contributed by atoms with Gasteiger partial charge in [-0.3, -0.25) is 9.36 Å². The van der Waals surface area contributed by atoms with Crippen molar-refractivity contribution in [2.75, 3.05) is 13.2 Å². The van der Waals surface area contributed by atoms with Crippen molar-refractivity contribution in [3.05, 3.63) is 92.5 Å². The Kier molecular flexibility index (Phi) is 7.38. The van der Waals surface area contributed by atoms with E-state index >= 15 is 0 Å². The molecule has 184 valence electrons. The summed E-state index contributed by atoms with van der Waals surface area (Å²) in [4.78, 5) is 12.5. The molecule has 0 aliphatic rings. The lowest BCUT2D eigenvalue weighted by Crippen LogP contribution is -2.28. The number of fused-ring (bicyclic) bond motifs is 1. The summed E-state index contributed by atoms with van der Waals surface area (Å²) >= 11 is 7.25. The molecule has 0 atom stereocenters. The molecule has 0 fully saturated rings. The molecule has 6 nitrogen and oxygen atoms in total. The van der Waals surface area contributed by atoms with Crippen LogP contribution in [0.15, 0.2) is 76.4 Å². The van der Waals surface area contributed by atoms with Crippen LogP contribution < -0.4 is 14.3 Å². The van der Waals surface area contributed by atoms with E-state index in [-0.39, 0.29) is 28.3 Å². The van der Waals surface area contributed by atoms with E-state index < -0.39 is 10.0 Å². The molecule has 0 bridgehead atoms. The highest BCUT2D eigenvalue weighted by molar-refractivity contribution is 7.89. The average molecular weight is 531 g/mol. The molecule has 1 heterocycles. The summed E-state index contributed by atoms with van der Waals surface area (Å²) in [5, 5.41) is 0.578. The maximum Gasteiger partial charge on any atom is 0.308 e. The van der Waals surface area contributed by atoms with Crippen molar-refractivity contribution in [1.82, 2.24) is 9.29 Å². The summed E-state index contributed by atoms with van der Waals surface area (Å²) in [6, 6.07) is 19.8. The van der Waals surface area contributed by atoms with Gasteiger partial charge >= 0.3 is 4.87 Å². The zero-order valence-corrected chi connectivity index (χ0v) is 22.1. The molecule has 9 heteroatoms. The van der Waals surface area contributed by atoms with E-state index in [4.69, 9.17) is 16.3 Å². The van der Waals surface area contributed by atoms with Gasteiger partial charge in [-0.05, 0) is 52.9 Å². The lowest BCUT2D eigenvalue weighted by atomic mass is 9.87. The van der Waals surface area contributed by atoms with E-state index in [1.54, 1.807) is 16.7 Å². The number of hydrogen-bond donors (Lipinski definition) is 1. The lowest BCUT2D eigenvalue weighted by Gasteiger charge is -2.19. The van der Waals surface area contributed by atoms with Gasteiger partial charge in [-0.25, -0.2) is 13.1 Å². The first kappa shape index (κ1) is 25.4. The maximum atomic E-state index is 12.8. The van der Waals surface area contributed by atoms with Gasteiger partial charge in [-0.2, -0.15) is 0 Å². The molecular formula is C26H27ClN2O4S2. The normalized spacial score (nSPS) is 12.2. The van der Waals surface area contributed by atoms with Gasteiger partial charge in [0, 0.05) is 11.6 Å². The van der Waals surface area contributed by atoms with E-state index in [0.717, 1.165) is 16.9 Å². The Bertz CT molecular complexity index is 1500. The molecule has 0 amide bonds. The fourth-order valence-electron chi connectivity index (χ4n) is 3.64. The third kappa shape index (κ3) is 5.95. The summed E-state index contributed by atoms with van der Waals surface area (Å²) in [5.41, 5.74) is 2.74. The fraction of sp³-hybridized carbons (Fsp3) is 0.269. The van der Waals surface area contributed by atoms with Crippen LogP contribution in [-0.4, -0.2) is 26.1 Å². The van der Waals surface area contributed by atoms with Gasteiger partial charge < -0.3 is 4.74 Å². The second-order valence-electron chi connectivity index (χ2n) is 9.20. The number of halogens is 1. The lowest BCUT2D eigenvalue weighted by molar-refractivity contribution is 0.322. The van der Waals surface area contributed by atoms with Crippen molar-refractivity contribution in [1.29, 1.82) is 0 Å². The van der Waals surface area contributed by atoms with E-state index in [0.29, 0.717) is 27.5 Å². The fourth-order valence-corrected chi connectivity index (χ4v) is 5.88. The Balaban J connectivity index is 1.42. The summed E-state index contributed by atoms with van der Waals surface area (Å²) < 4.78 is 36.1. The third-order valence-corrected chi connectivity index (χ3v) is 8.39. The number of nitrogens with zero attached hydrogens (tertiary/aromatic N) is 1. The number of ether oxygens (including phenoxy) is 1. The highest BCUT2D eigenvalue weighted by Crippen LogP contribution is 2.25. The van der Waals surface area contributed by atoms with Crippen LogP contribution in [0.4, 0.5) is 0 Å². The SMILES string of the molecule is CC(C)(C)c1ccc(OCCNS(=O)(=O)c2ccc3c(c2)sc(=O)n3Cc2ccccc2Cl)cc1. The Morgan fingerprint density at radius 3 is 2.43 bits per heavy atom. The van der Waals surface area contributed by atoms with Gasteiger partial charge in [-0.15, -0.1) is 0 Å². The summed E-state index contributed by atoms with van der Waals surface area (Å²) in [6.07, 6.45) is 0. The van der Waals surface area contributed by atoms with E-state index in [2.05, 4.69) is 25.5 Å². The number of thiazole rings is 1. The van der Waals surface area contributed by atoms with Gasteiger partial charge in [0.25, 0.3) is 0 Å². The molecule has 0 unspecified atom stereocenters. The monoisotopic (exact) mass is 530 g/mol. The minimum absolute atomic E-state index is 0.0541. The third-order valence-electron chi connectivity index (χ3n) is 5.62. The second kappa shape index (κ2) is 10.1. The molecule has 0 saturated carbocycles. The van der Waals surface area contributed by atoms with Crippen LogP contribution in [0.2, 0.25) is 5.02 Å².